The first-order valence-electron chi connectivity index (χ1n) is 11.9. The number of carbonyl (C=O) groups is 3. The van der Waals surface area contributed by atoms with Gasteiger partial charge in [0.15, 0.2) is 5.82 Å². The van der Waals surface area contributed by atoms with Crippen molar-refractivity contribution in [2.45, 2.75) is 57.9 Å². The summed E-state index contributed by atoms with van der Waals surface area (Å²) >= 11 is 6.15. The van der Waals surface area contributed by atoms with E-state index in [0.717, 1.165) is 0 Å². The number of benzene rings is 1. The number of nitrogens with zero attached hydrogens (tertiary/aromatic N) is 3. The largest absolute Gasteiger partial charge is 0.481 e. The fourth-order valence-corrected chi connectivity index (χ4v) is 4.13. The summed E-state index contributed by atoms with van der Waals surface area (Å²) in [6.45, 7) is 4.00. The van der Waals surface area contributed by atoms with Gasteiger partial charge in [0.05, 0.1) is 36.7 Å². The molecule has 200 valence electrons. The average Bonchev–Trinajstić information content (AvgIpc) is 3.38. The lowest BCUT2D eigenvalue weighted by Gasteiger charge is -2.28. The van der Waals surface area contributed by atoms with Crippen LogP contribution in [-0.4, -0.2) is 72.6 Å². The molecule has 0 saturated carbocycles. The van der Waals surface area contributed by atoms with Gasteiger partial charge in [-0.3, -0.25) is 19.1 Å². The number of aliphatic hydroxyl groups is 2. The summed E-state index contributed by atoms with van der Waals surface area (Å²) < 4.78 is 7.17. The Bertz CT molecular complexity index is 1150. The number of anilines is 1. The van der Waals surface area contributed by atoms with Crippen LogP contribution in [-0.2, 0) is 20.9 Å². The Morgan fingerprint density at radius 1 is 1.16 bits per heavy atom. The monoisotopic (exact) mass is 534 g/mol. The molecule has 0 fully saturated rings. The van der Waals surface area contributed by atoms with E-state index in [2.05, 4.69) is 10.4 Å². The van der Waals surface area contributed by atoms with Crippen LogP contribution >= 0.6 is 11.6 Å². The van der Waals surface area contributed by atoms with E-state index in [9.17, 15) is 24.6 Å². The van der Waals surface area contributed by atoms with Crippen molar-refractivity contribution >= 4 is 35.2 Å². The number of carboxylic acids is 1. The molecule has 1 aromatic carbocycles. The zero-order valence-corrected chi connectivity index (χ0v) is 21.3. The molecule has 1 aliphatic heterocycles. The number of halogens is 1. The first kappa shape index (κ1) is 28.2. The first-order chi connectivity index (χ1) is 17.5. The molecule has 0 radical (unpaired) electrons. The number of carboxylic acid groups (broad SMARTS) is 1. The summed E-state index contributed by atoms with van der Waals surface area (Å²) in [5, 5.41) is 35.9. The van der Waals surface area contributed by atoms with Crippen LogP contribution in [0.15, 0.2) is 48.4 Å². The quantitative estimate of drug-likeness (QED) is 0.305. The van der Waals surface area contributed by atoms with E-state index in [1.165, 1.54) is 21.9 Å². The van der Waals surface area contributed by atoms with E-state index in [-0.39, 0.29) is 37.2 Å². The van der Waals surface area contributed by atoms with Gasteiger partial charge in [-0.25, -0.2) is 0 Å². The van der Waals surface area contributed by atoms with Crippen LogP contribution in [0, 0.1) is 5.92 Å². The van der Waals surface area contributed by atoms with Gasteiger partial charge in [0.25, 0.3) is 5.91 Å². The van der Waals surface area contributed by atoms with Crippen molar-refractivity contribution in [2.75, 3.05) is 11.9 Å². The lowest BCUT2D eigenvalue weighted by molar-refractivity contribution is -0.139. The summed E-state index contributed by atoms with van der Waals surface area (Å²) in [6, 6.07) is 7.66. The first-order valence-corrected chi connectivity index (χ1v) is 12.3. The number of aliphatic hydroxyl groups excluding tert-OH is 2. The predicted octanol–water partition coefficient (Wildman–Crippen LogP) is 2.28. The average molecular weight is 535 g/mol. The number of hydrogen-bond donors (Lipinski definition) is 4. The molecule has 4 N–H and O–H groups in total. The fraction of sp³-hybridized carbons (Fsp3) is 0.440. The number of aromatic nitrogens is 2. The molecule has 11 nitrogen and oxygen atoms in total. The maximum atomic E-state index is 13.2. The van der Waals surface area contributed by atoms with E-state index in [1.54, 1.807) is 30.3 Å². The van der Waals surface area contributed by atoms with E-state index in [4.69, 9.17) is 21.4 Å². The van der Waals surface area contributed by atoms with Crippen LogP contribution in [0.5, 0.6) is 5.75 Å². The molecule has 2 heterocycles. The second-order valence-corrected chi connectivity index (χ2v) is 9.72. The van der Waals surface area contributed by atoms with Crippen LogP contribution in [0.1, 0.15) is 33.1 Å². The third kappa shape index (κ3) is 8.31. The molecule has 1 aliphatic rings. The smallest absolute Gasteiger partial charge is 0.305 e. The number of para-hydroxylation sites is 1. The molecule has 37 heavy (non-hydrogen) atoms. The highest BCUT2D eigenvalue weighted by molar-refractivity contribution is 6.32. The van der Waals surface area contributed by atoms with Crippen molar-refractivity contribution in [3.8, 4) is 5.75 Å². The van der Waals surface area contributed by atoms with Gasteiger partial charge in [0.2, 0.25) is 5.91 Å². The zero-order valence-electron chi connectivity index (χ0n) is 20.6. The Morgan fingerprint density at radius 3 is 2.57 bits per heavy atom. The summed E-state index contributed by atoms with van der Waals surface area (Å²) in [6.07, 6.45) is 0.480. The van der Waals surface area contributed by atoms with Gasteiger partial charge in [-0.1, -0.05) is 37.6 Å². The number of carbonyl (C=O) groups excluding carboxylic acids is 2. The number of amides is 2. The molecule has 0 bridgehead atoms. The van der Waals surface area contributed by atoms with Gasteiger partial charge in [0.1, 0.15) is 17.6 Å². The molecule has 3 rings (SSSR count). The molecule has 2 aromatic rings. The second kappa shape index (κ2) is 12.7. The van der Waals surface area contributed by atoms with E-state index < -0.39 is 36.5 Å². The zero-order chi connectivity index (χ0) is 27.1. The second-order valence-electron chi connectivity index (χ2n) is 9.31. The minimum absolute atomic E-state index is 0.000747. The predicted molar refractivity (Wildman–Crippen MR) is 135 cm³/mol. The lowest BCUT2D eigenvalue weighted by Crippen LogP contribution is -2.46. The number of ether oxygens (including phenoxy) is 1. The Kier molecular flexibility index (Phi) is 9.67. The van der Waals surface area contributed by atoms with Gasteiger partial charge >= 0.3 is 5.97 Å². The van der Waals surface area contributed by atoms with E-state index in [0.29, 0.717) is 23.0 Å². The van der Waals surface area contributed by atoms with Crippen molar-refractivity contribution < 1.29 is 34.4 Å². The number of nitrogens with one attached hydrogen (secondary N) is 1. The summed E-state index contributed by atoms with van der Waals surface area (Å²) in [7, 11) is 0. The molecule has 1 aromatic heterocycles. The Labute approximate surface area is 219 Å². The lowest BCUT2D eigenvalue weighted by atomic mass is 10.0. The van der Waals surface area contributed by atoms with Gasteiger partial charge < -0.3 is 30.3 Å². The number of rotatable bonds is 13. The Hall–Kier alpha value is -3.41. The topological polar surface area (TPSA) is 154 Å². The van der Waals surface area contributed by atoms with Crippen LogP contribution < -0.4 is 10.1 Å². The molecule has 12 heteroatoms. The minimum Gasteiger partial charge on any atom is -0.481 e. The van der Waals surface area contributed by atoms with Crippen LogP contribution in [0.3, 0.4) is 0 Å². The van der Waals surface area contributed by atoms with Crippen LogP contribution in [0.2, 0.25) is 5.02 Å². The summed E-state index contributed by atoms with van der Waals surface area (Å²) in [4.78, 5) is 38.1. The van der Waals surface area contributed by atoms with Gasteiger partial charge in [-0.15, -0.1) is 0 Å². The SMILES string of the molecule is CC(C)C[C@@H](C(=O)Nc1ccn(C[C@@H](O)C[C@@H](O)CC(=O)O)n1)N1CC(Oc2ccccc2Cl)=CC1=O. The molecular formula is C25H31ClN4O7. The normalized spacial score (nSPS) is 15.9. The Morgan fingerprint density at radius 2 is 1.89 bits per heavy atom. The number of hydrogen-bond acceptors (Lipinski definition) is 7. The molecular weight excluding hydrogens is 504 g/mol. The molecule has 3 atom stereocenters. The third-order valence-corrected chi connectivity index (χ3v) is 5.90. The highest BCUT2D eigenvalue weighted by atomic mass is 35.5. The fourth-order valence-electron chi connectivity index (χ4n) is 3.96. The molecule has 0 aliphatic carbocycles. The molecule has 0 spiro atoms. The van der Waals surface area contributed by atoms with Gasteiger partial charge in [-0.2, -0.15) is 5.10 Å². The third-order valence-electron chi connectivity index (χ3n) is 5.59. The Balaban J connectivity index is 1.62. The van der Waals surface area contributed by atoms with Gasteiger partial charge in [-0.05, 0) is 24.5 Å². The van der Waals surface area contributed by atoms with Crippen molar-refractivity contribution in [1.29, 1.82) is 0 Å². The minimum atomic E-state index is -1.18. The maximum absolute atomic E-state index is 13.2. The molecule has 0 unspecified atom stereocenters. The molecule has 2 amide bonds. The highest BCUT2D eigenvalue weighted by Crippen LogP contribution is 2.28. The maximum Gasteiger partial charge on any atom is 0.305 e. The van der Waals surface area contributed by atoms with Crippen molar-refractivity contribution in [3.63, 3.8) is 0 Å². The summed E-state index contributed by atoms with van der Waals surface area (Å²) in [5.74, 6) is -0.796. The molecule has 0 saturated heterocycles. The van der Waals surface area contributed by atoms with E-state index >= 15 is 0 Å². The van der Waals surface area contributed by atoms with Crippen LogP contribution in [0.25, 0.3) is 0 Å². The standard InChI is InChI=1S/C25H31ClN4O7/c1-15(2)9-20(30-14-18(12-23(30)33)37-21-6-4-3-5-19(21)26)25(36)27-22-7-8-29(28-22)13-17(32)10-16(31)11-24(34)35/h3-8,12,15-17,20,31-32H,9-11,13-14H2,1-2H3,(H,34,35)(H,27,28,36)/t16-,17+,20+/m1/s1. The number of aliphatic carboxylic acids is 1. The highest BCUT2D eigenvalue weighted by Gasteiger charge is 2.35. The van der Waals surface area contributed by atoms with Crippen molar-refractivity contribution in [2.24, 2.45) is 5.92 Å². The van der Waals surface area contributed by atoms with Crippen molar-refractivity contribution in [3.05, 3.63) is 53.4 Å². The summed E-state index contributed by atoms with van der Waals surface area (Å²) in [5.41, 5.74) is 0. The van der Waals surface area contributed by atoms with E-state index in [1.807, 2.05) is 13.8 Å². The van der Waals surface area contributed by atoms with Gasteiger partial charge in [0, 0.05) is 24.8 Å². The van der Waals surface area contributed by atoms with Crippen molar-refractivity contribution in [1.82, 2.24) is 14.7 Å². The van der Waals surface area contributed by atoms with Crippen LogP contribution in [0.4, 0.5) is 5.82 Å².